The van der Waals surface area contributed by atoms with Crippen LogP contribution in [0.25, 0.3) is 0 Å². The molecule has 0 atom stereocenters. The minimum atomic E-state index is -4.67. The molecule has 152 valence electrons. The van der Waals surface area contributed by atoms with Gasteiger partial charge in [0.05, 0.1) is 20.9 Å². The summed E-state index contributed by atoms with van der Waals surface area (Å²) in [7, 11) is -9.33. The molecule has 2 aromatic rings. The van der Waals surface area contributed by atoms with Gasteiger partial charge in [0.2, 0.25) is 0 Å². The quantitative estimate of drug-likeness (QED) is 0.244. The molecule has 29 heavy (non-hydrogen) atoms. The molecule has 0 aliphatic rings. The van der Waals surface area contributed by atoms with E-state index in [2.05, 4.69) is 0 Å². The molecule has 0 unspecified atom stereocenters. The van der Waals surface area contributed by atoms with Gasteiger partial charge in [0.1, 0.15) is 0 Å². The van der Waals surface area contributed by atoms with Gasteiger partial charge in [-0.05, 0) is 24.3 Å². The van der Waals surface area contributed by atoms with E-state index < -0.39 is 64.6 Å². The molecule has 0 aliphatic carbocycles. The average Bonchev–Trinajstić information content (AvgIpc) is 2.53. The molecule has 0 fully saturated rings. The summed E-state index contributed by atoms with van der Waals surface area (Å²) in [5, 5.41) is 39.2. The van der Waals surface area contributed by atoms with Crippen LogP contribution in [0.3, 0.4) is 0 Å². The summed E-state index contributed by atoms with van der Waals surface area (Å²) in [6.07, 6.45) is 0. The van der Waals surface area contributed by atoms with Crippen molar-refractivity contribution < 1.29 is 83.6 Å². The van der Waals surface area contributed by atoms with Gasteiger partial charge in [-0.1, -0.05) is 23.6 Å². The maximum Gasteiger partial charge on any atom is 2.00 e. The van der Waals surface area contributed by atoms with Crippen LogP contribution in [0.1, 0.15) is 20.7 Å². The summed E-state index contributed by atoms with van der Waals surface area (Å²) in [5.41, 5.74) is -1.39. The van der Waals surface area contributed by atoms with E-state index in [9.17, 15) is 36.6 Å². The summed E-state index contributed by atoms with van der Waals surface area (Å²) in [4.78, 5) is 19.0. The maximum absolute atomic E-state index is 11.1. The number of hydrogen-bond donors (Lipinski definition) is 4. The molecule has 4 N–H and O–H groups in total. The summed E-state index contributed by atoms with van der Waals surface area (Å²) in [6, 6.07) is 5.72. The fourth-order valence-electron chi connectivity index (χ4n) is 1.77. The van der Waals surface area contributed by atoms with Crippen LogP contribution in [-0.4, -0.2) is 48.1 Å². The molecule has 2 aromatic carbocycles. The molecule has 2 rings (SSSR count). The Morgan fingerprint density at radius 3 is 1.17 bits per heavy atom. The minimum Gasteiger partial charge on any atom is -0.871 e. The molecular formula is C14H10HgO12S2. The second-order valence-electron chi connectivity index (χ2n) is 4.83. The van der Waals surface area contributed by atoms with Crippen molar-refractivity contribution in [2.45, 2.75) is 9.79 Å². The van der Waals surface area contributed by atoms with Gasteiger partial charge in [-0.3, -0.25) is 9.11 Å². The average molecular weight is 635 g/mol. The van der Waals surface area contributed by atoms with Crippen molar-refractivity contribution in [1.29, 1.82) is 0 Å². The fraction of sp³-hybridized carbons (Fsp3) is 0. The van der Waals surface area contributed by atoms with Crippen molar-refractivity contribution in [2.75, 3.05) is 0 Å². The SMILES string of the molecule is O=C(O)c1cccc(S(=O)(=O)O)c1[O-].O=C(O)c1cccc(S(=O)(=O)O)c1[O-].[Hg+2]. The van der Waals surface area contributed by atoms with Crippen molar-refractivity contribution in [1.82, 2.24) is 0 Å². The largest absolute Gasteiger partial charge is 2.00 e. The van der Waals surface area contributed by atoms with Gasteiger partial charge in [0.15, 0.2) is 0 Å². The number of para-hydroxylation sites is 2. The van der Waals surface area contributed by atoms with Crippen LogP contribution in [0.2, 0.25) is 0 Å². The summed E-state index contributed by atoms with van der Waals surface area (Å²) < 4.78 is 59.5. The number of benzene rings is 2. The van der Waals surface area contributed by atoms with Crippen molar-refractivity contribution in [3.63, 3.8) is 0 Å². The van der Waals surface area contributed by atoms with Crippen molar-refractivity contribution in [3.05, 3.63) is 47.5 Å². The van der Waals surface area contributed by atoms with E-state index in [1.165, 1.54) is 0 Å². The Morgan fingerprint density at radius 2 is 0.966 bits per heavy atom. The zero-order valence-corrected chi connectivity index (χ0v) is 21.2. The number of carboxylic acid groups (broad SMARTS) is 2. The molecule has 0 aliphatic heterocycles. The van der Waals surface area contributed by atoms with Crippen LogP contribution >= 0.6 is 0 Å². The van der Waals surface area contributed by atoms with E-state index >= 15 is 0 Å². The molecule has 15 heteroatoms. The molecular weight excluding hydrogens is 625 g/mol. The molecule has 0 saturated heterocycles. The Balaban J connectivity index is 0.000000523. The molecule has 12 nitrogen and oxygen atoms in total. The fourth-order valence-corrected chi connectivity index (χ4v) is 2.96. The Kier molecular flexibility index (Phi) is 9.19. The standard InChI is InChI=1S/2C7H6O6S.Hg/c2*8-6-4(7(9)10)2-1-3-5(6)14(11,12)13;/h2*1-3,8H,(H,9,10)(H,11,12,13);/q;;+2/p-2. The topological polar surface area (TPSA) is 229 Å². The van der Waals surface area contributed by atoms with Gasteiger partial charge in [0.25, 0.3) is 20.2 Å². The van der Waals surface area contributed by atoms with Crippen LogP contribution in [0, 0.1) is 0 Å². The van der Waals surface area contributed by atoms with E-state index in [4.69, 9.17) is 19.3 Å². The van der Waals surface area contributed by atoms with Gasteiger partial charge in [-0.2, -0.15) is 16.8 Å². The van der Waals surface area contributed by atoms with Gasteiger partial charge in [0, 0.05) is 0 Å². The van der Waals surface area contributed by atoms with Crippen molar-refractivity contribution in [2.24, 2.45) is 0 Å². The molecule has 0 heterocycles. The third-order valence-corrected chi connectivity index (χ3v) is 4.73. The molecule has 0 bridgehead atoms. The third kappa shape index (κ3) is 6.93. The first kappa shape index (κ1) is 26.7. The normalized spacial score (nSPS) is 10.8. The first-order valence-electron chi connectivity index (χ1n) is 6.69. The predicted octanol–water partition coefficient (Wildman–Crippen LogP) is -0.592. The molecule has 0 radical (unpaired) electrons. The predicted molar refractivity (Wildman–Crippen MR) is 85.3 cm³/mol. The van der Waals surface area contributed by atoms with Crippen LogP contribution < -0.4 is 10.2 Å². The van der Waals surface area contributed by atoms with Crippen molar-refractivity contribution >= 4 is 32.2 Å². The van der Waals surface area contributed by atoms with Gasteiger partial charge < -0.3 is 20.4 Å². The smallest absolute Gasteiger partial charge is 0.871 e. The van der Waals surface area contributed by atoms with Gasteiger partial charge in [-0.15, -0.1) is 0 Å². The molecule has 0 amide bonds. The molecule has 0 spiro atoms. The summed E-state index contributed by atoms with van der Waals surface area (Å²) in [5.74, 6) is -5.52. The van der Waals surface area contributed by atoms with Crippen LogP contribution in [-0.2, 0) is 47.9 Å². The molecule has 0 saturated carbocycles. The monoisotopic (exact) mass is 636 g/mol. The number of aromatic carboxylic acids is 2. The van der Waals surface area contributed by atoms with E-state index in [0.717, 1.165) is 36.4 Å². The van der Waals surface area contributed by atoms with E-state index in [1.807, 2.05) is 0 Å². The number of carboxylic acids is 2. The minimum absolute atomic E-state index is 0. The van der Waals surface area contributed by atoms with Crippen LogP contribution in [0.5, 0.6) is 11.5 Å². The Bertz CT molecular complexity index is 1050. The Hall–Kier alpha value is -2.26. The zero-order chi connectivity index (χ0) is 21.9. The summed E-state index contributed by atoms with van der Waals surface area (Å²) in [6.45, 7) is 0. The maximum atomic E-state index is 11.1. The first-order chi connectivity index (χ1) is 12.7. The number of carbonyl (C=O) groups is 2. The molecule has 0 aromatic heterocycles. The van der Waals surface area contributed by atoms with E-state index in [-0.39, 0.29) is 27.7 Å². The van der Waals surface area contributed by atoms with Crippen LogP contribution in [0.4, 0.5) is 0 Å². The number of rotatable bonds is 4. The Morgan fingerprint density at radius 1 is 0.690 bits per heavy atom. The second-order valence-corrected chi connectivity index (χ2v) is 7.61. The zero-order valence-electron chi connectivity index (χ0n) is 14.0. The first-order valence-corrected chi connectivity index (χ1v) is 9.57. The van der Waals surface area contributed by atoms with Crippen molar-refractivity contribution in [3.8, 4) is 11.5 Å². The Labute approximate surface area is 184 Å². The van der Waals surface area contributed by atoms with E-state index in [0.29, 0.717) is 0 Å². The number of hydrogen-bond acceptors (Lipinski definition) is 8. The summed E-state index contributed by atoms with van der Waals surface area (Å²) >= 11 is 0. The van der Waals surface area contributed by atoms with Gasteiger partial charge >= 0.3 is 39.6 Å². The van der Waals surface area contributed by atoms with Crippen LogP contribution in [0.15, 0.2) is 46.2 Å². The second kappa shape index (κ2) is 9.97. The third-order valence-electron chi connectivity index (χ3n) is 2.97. The van der Waals surface area contributed by atoms with Gasteiger partial charge in [-0.25, -0.2) is 9.59 Å². The van der Waals surface area contributed by atoms with E-state index in [1.54, 1.807) is 0 Å².